The zero-order chi connectivity index (χ0) is 17.9. The van der Waals surface area contributed by atoms with Crippen LogP contribution in [0.4, 0.5) is 5.13 Å². The third kappa shape index (κ3) is 3.34. The molecule has 2 amide bonds. The minimum atomic E-state index is -0.283. The van der Waals surface area contributed by atoms with Crippen LogP contribution in [0.25, 0.3) is 0 Å². The van der Waals surface area contributed by atoms with Gasteiger partial charge >= 0.3 is 0 Å². The summed E-state index contributed by atoms with van der Waals surface area (Å²) in [6.07, 6.45) is 2.26. The van der Waals surface area contributed by atoms with E-state index in [2.05, 4.69) is 15.3 Å². The molecule has 130 valence electrons. The molecular weight excluding hydrogens is 348 g/mol. The van der Waals surface area contributed by atoms with Gasteiger partial charge in [0.25, 0.3) is 11.8 Å². The molecule has 0 bridgehead atoms. The smallest absolute Gasteiger partial charge is 0.276 e. The second kappa shape index (κ2) is 7.05. The number of nitrogens with zero attached hydrogens (tertiary/aromatic N) is 3. The first-order chi connectivity index (χ1) is 12.7. The summed E-state index contributed by atoms with van der Waals surface area (Å²) in [5.74, 6) is -0.266. The molecule has 7 heteroatoms. The quantitative estimate of drug-likeness (QED) is 0.775. The van der Waals surface area contributed by atoms with E-state index in [0.29, 0.717) is 35.9 Å². The van der Waals surface area contributed by atoms with Crippen molar-refractivity contribution in [3.05, 3.63) is 76.6 Å². The van der Waals surface area contributed by atoms with E-state index in [0.717, 1.165) is 10.6 Å². The molecule has 0 fully saturated rings. The van der Waals surface area contributed by atoms with Gasteiger partial charge in [0.2, 0.25) is 0 Å². The van der Waals surface area contributed by atoms with Crippen molar-refractivity contribution in [3.63, 3.8) is 0 Å². The molecule has 0 saturated heterocycles. The van der Waals surface area contributed by atoms with Crippen LogP contribution in [-0.2, 0) is 13.0 Å². The van der Waals surface area contributed by atoms with Crippen LogP contribution in [-0.4, -0.2) is 33.2 Å². The summed E-state index contributed by atoms with van der Waals surface area (Å²) < 4.78 is 0. The standard InChI is InChI=1S/C19H16N4O2S/c24-17(15-8-4-5-10-20-15)22-19-21-14-9-11-23(12-16(14)26-19)18(25)13-6-2-1-3-7-13/h1-8,10H,9,11-12H2,(H,21,22,24). The number of benzene rings is 1. The third-order valence-electron chi connectivity index (χ3n) is 4.16. The van der Waals surface area contributed by atoms with Crippen molar-refractivity contribution in [2.75, 3.05) is 11.9 Å². The van der Waals surface area contributed by atoms with Gasteiger partial charge in [-0.2, -0.15) is 0 Å². The molecular formula is C19H16N4O2S. The normalized spacial score (nSPS) is 13.2. The molecule has 3 aromatic rings. The fourth-order valence-corrected chi connectivity index (χ4v) is 3.86. The highest BCUT2D eigenvalue weighted by Crippen LogP contribution is 2.29. The molecule has 2 aromatic heterocycles. The number of thiazole rings is 1. The number of aromatic nitrogens is 2. The number of fused-ring (bicyclic) bond motifs is 1. The van der Waals surface area contributed by atoms with Crippen molar-refractivity contribution in [1.82, 2.24) is 14.9 Å². The Morgan fingerprint density at radius 2 is 1.88 bits per heavy atom. The van der Waals surface area contributed by atoms with E-state index in [1.807, 2.05) is 35.2 Å². The first-order valence-corrected chi connectivity index (χ1v) is 9.07. The molecule has 0 radical (unpaired) electrons. The maximum Gasteiger partial charge on any atom is 0.276 e. The summed E-state index contributed by atoms with van der Waals surface area (Å²) in [6, 6.07) is 14.4. The lowest BCUT2D eigenvalue weighted by Crippen LogP contribution is -2.35. The average Bonchev–Trinajstić information content (AvgIpc) is 3.10. The number of anilines is 1. The second-order valence-corrected chi connectivity index (χ2v) is 6.98. The van der Waals surface area contributed by atoms with Crippen LogP contribution in [0, 0.1) is 0 Å². The lowest BCUT2D eigenvalue weighted by molar-refractivity contribution is 0.0736. The fourth-order valence-electron chi connectivity index (χ4n) is 2.84. The van der Waals surface area contributed by atoms with E-state index in [1.54, 1.807) is 24.4 Å². The first-order valence-electron chi connectivity index (χ1n) is 8.26. The van der Waals surface area contributed by atoms with Gasteiger partial charge < -0.3 is 4.90 Å². The van der Waals surface area contributed by atoms with Crippen molar-refractivity contribution in [2.45, 2.75) is 13.0 Å². The Kier molecular flexibility index (Phi) is 4.45. The van der Waals surface area contributed by atoms with Crippen molar-refractivity contribution >= 4 is 28.3 Å². The lowest BCUT2D eigenvalue weighted by atomic mass is 10.1. The SMILES string of the molecule is O=C(Nc1nc2c(s1)CN(C(=O)c1ccccc1)CC2)c1ccccn1. The Morgan fingerprint density at radius 3 is 2.65 bits per heavy atom. The van der Waals surface area contributed by atoms with Crippen LogP contribution in [0.1, 0.15) is 31.4 Å². The maximum atomic E-state index is 12.6. The monoisotopic (exact) mass is 364 g/mol. The van der Waals surface area contributed by atoms with E-state index in [-0.39, 0.29) is 11.8 Å². The topological polar surface area (TPSA) is 75.2 Å². The van der Waals surface area contributed by atoms with E-state index in [4.69, 9.17) is 0 Å². The van der Waals surface area contributed by atoms with Crippen molar-refractivity contribution in [1.29, 1.82) is 0 Å². The van der Waals surface area contributed by atoms with E-state index >= 15 is 0 Å². The minimum Gasteiger partial charge on any atom is -0.333 e. The van der Waals surface area contributed by atoms with Gasteiger partial charge in [0.05, 0.1) is 12.2 Å². The Balaban J connectivity index is 1.47. The van der Waals surface area contributed by atoms with Gasteiger partial charge in [-0.15, -0.1) is 0 Å². The molecule has 6 nitrogen and oxygen atoms in total. The van der Waals surface area contributed by atoms with Crippen molar-refractivity contribution in [3.8, 4) is 0 Å². The molecule has 1 aliphatic heterocycles. The third-order valence-corrected chi connectivity index (χ3v) is 5.16. The fraction of sp³-hybridized carbons (Fsp3) is 0.158. The largest absolute Gasteiger partial charge is 0.333 e. The van der Waals surface area contributed by atoms with Crippen LogP contribution in [0.15, 0.2) is 54.7 Å². The Morgan fingerprint density at radius 1 is 1.08 bits per heavy atom. The first kappa shape index (κ1) is 16.4. The summed E-state index contributed by atoms with van der Waals surface area (Å²) in [5, 5.41) is 3.34. The number of carbonyl (C=O) groups excluding carboxylic acids is 2. The van der Waals surface area contributed by atoms with E-state index < -0.39 is 0 Å². The summed E-state index contributed by atoms with van der Waals surface area (Å²) in [4.78, 5) is 36.2. The lowest BCUT2D eigenvalue weighted by Gasteiger charge is -2.26. The predicted octanol–water partition coefficient (Wildman–Crippen LogP) is 2.99. The molecule has 3 heterocycles. The van der Waals surface area contributed by atoms with E-state index in [1.165, 1.54) is 11.3 Å². The molecule has 26 heavy (non-hydrogen) atoms. The summed E-state index contributed by atoms with van der Waals surface area (Å²) >= 11 is 1.41. The molecule has 0 spiro atoms. The van der Waals surface area contributed by atoms with Crippen LogP contribution < -0.4 is 5.32 Å². The molecule has 0 aliphatic carbocycles. The summed E-state index contributed by atoms with van der Waals surface area (Å²) in [6.45, 7) is 1.14. The van der Waals surface area contributed by atoms with Gasteiger partial charge in [-0.1, -0.05) is 35.6 Å². The zero-order valence-electron chi connectivity index (χ0n) is 13.9. The highest BCUT2D eigenvalue weighted by Gasteiger charge is 2.25. The number of carbonyl (C=O) groups is 2. The second-order valence-electron chi connectivity index (χ2n) is 5.90. The molecule has 0 atom stereocenters. The molecule has 0 unspecified atom stereocenters. The van der Waals surface area contributed by atoms with Crippen LogP contribution in [0.2, 0.25) is 0 Å². The van der Waals surface area contributed by atoms with Crippen LogP contribution in [0.3, 0.4) is 0 Å². The van der Waals surface area contributed by atoms with Gasteiger partial charge in [0, 0.05) is 29.6 Å². The van der Waals surface area contributed by atoms with Crippen molar-refractivity contribution in [2.24, 2.45) is 0 Å². The highest BCUT2D eigenvalue weighted by molar-refractivity contribution is 7.15. The number of hydrogen-bond acceptors (Lipinski definition) is 5. The molecule has 1 aliphatic rings. The predicted molar refractivity (Wildman–Crippen MR) is 99.2 cm³/mol. The van der Waals surface area contributed by atoms with Gasteiger partial charge in [-0.3, -0.25) is 19.9 Å². The summed E-state index contributed by atoms with van der Waals surface area (Å²) in [5.41, 5.74) is 1.98. The molecule has 1 N–H and O–H groups in total. The van der Waals surface area contributed by atoms with E-state index in [9.17, 15) is 9.59 Å². The van der Waals surface area contributed by atoms with Gasteiger partial charge in [0.1, 0.15) is 5.69 Å². The minimum absolute atomic E-state index is 0.0173. The number of hydrogen-bond donors (Lipinski definition) is 1. The van der Waals surface area contributed by atoms with Gasteiger partial charge in [-0.05, 0) is 24.3 Å². The molecule has 0 saturated carbocycles. The number of nitrogens with one attached hydrogen (secondary N) is 1. The average molecular weight is 364 g/mol. The number of rotatable bonds is 3. The van der Waals surface area contributed by atoms with Gasteiger partial charge in [-0.25, -0.2) is 4.98 Å². The summed E-state index contributed by atoms with van der Waals surface area (Å²) in [7, 11) is 0. The van der Waals surface area contributed by atoms with Crippen molar-refractivity contribution < 1.29 is 9.59 Å². The van der Waals surface area contributed by atoms with Gasteiger partial charge in [0.15, 0.2) is 5.13 Å². The Bertz CT molecular complexity index is 941. The zero-order valence-corrected chi connectivity index (χ0v) is 14.7. The maximum absolute atomic E-state index is 12.6. The Labute approximate surface area is 154 Å². The Hall–Kier alpha value is -3.06. The number of amides is 2. The number of pyridine rings is 1. The molecule has 4 rings (SSSR count). The van der Waals surface area contributed by atoms with Crippen LogP contribution in [0.5, 0.6) is 0 Å². The highest BCUT2D eigenvalue weighted by atomic mass is 32.1. The van der Waals surface area contributed by atoms with Crippen LogP contribution >= 0.6 is 11.3 Å². The molecule has 1 aromatic carbocycles.